The molecular weight excluding hydrogens is 242 g/mol. The highest BCUT2D eigenvalue weighted by Gasteiger charge is 2.14. The summed E-state index contributed by atoms with van der Waals surface area (Å²) in [4.78, 5) is 2.12. The van der Waals surface area contributed by atoms with Crippen molar-refractivity contribution in [3.8, 4) is 0 Å². The van der Waals surface area contributed by atoms with E-state index in [2.05, 4.69) is 80.2 Å². The fourth-order valence-corrected chi connectivity index (χ4v) is 2.69. The zero-order chi connectivity index (χ0) is 14.1. The Bertz CT molecular complexity index is 675. The van der Waals surface area contributed by atoms with Gasteiger partial charge in [0, 0.05) is 19.8 Å². The van der Waals surface area contributed by atoms with Gasteiger partial charge >= 0.3 is 0 Å². The van der Waals surface area contributed by atoms with Crippen LogP contribution in [0.2, 0.25) is 0 Å². The molecule has 0 radical (unpaired) electrons. The van der Waals surface area contributed by atoms with Gasteiger partial charge in [0.05, 0.1) is 0 Å². The van der Waals surface area contributed by atoms with Crippen LogP contribution in [0, 0.1) is 0 Å². The lowest BCUT2D eigenvalue weighted by molar-refractivity contribution is 1.13. The van der Waals surface area contributed by atoms with E-state index in [0.717, 1.165) is 12.0 Å². The molecule has 0 amide bonds. The minimum atomic E-state index is 0.983. The van der Waals surface area contributed by atoms with Gasteiger partial charge in [-0.05, 0) is 46.4 Å². The highest BCUT2D eigenvalue weighted by molar-refractivity contribution is 5.88. The molecule has 0 aliphatic heterocycles. The Morgan fingerprint density at radius 1 is 0.950 bits per heavy atom. The van der Waals surface area contributed by atoms with E-state index in [4.69, 9.17) is 0 Å². The Kier molecular flexibility index (Phi) is 3.19. The molecule has 0 unspecified atom stereocenters. The van der Waals surface area contributed by atoms with E-state index in [1.165, 1.54) is 28.0 Å². The summed E-state index contributed by atoms with van der Waals surface area (Å²) in [6.45, 7) is 4.19. The summed E-state index contributed by atoms with van der Waals surface area (Å²) in [6.07, 6.45) is 3.20. The molecule has 0 saturated heterocycles. The number of hydrogen-bond acceptors (Lipinski definition) is 1. The highest BCUT2D eigenvalue weighted by atomic mass is 15.1. The quantitative estimate of drug-likeness (QED) is 0.774. The molecule has 1 heteroatoms. The van der Waals surface area contributed by atoms with Crippen molar-refractivity contribution in [3.05, 3.63) is 77.9 Å². The Morgan fingerprint density at radius 2 is 1.65 bits per heavy atom. The van der Waals surface area contributed by atoms with Gasteiger partial charge in [0.15, 0.2) is 0 Å². The molecule has 100 valence electrons. The normalized spacial score (nSPS) is 13.7. The first-order valence-corrected chi connectivity index (χ1v) is 6.90. The molecule has 0 heterocycles. The highest BCUT2D eigenvalue weighted by Crippen LogP contribution is 2.33. The molecule has 0 saturated carbocycles. The third kappa shape index (κ3) is 2.27. The number of benzene rings is 2. The maximum Gasteiger partial charge on any atom is 0.0361 e. The summed E-state index contributed by atoms with van der Waals surface area (Å²) < 4.78 is 0. The van der Waals surface area contributed by atoms with E-state index in [9.17, 15) is 0 Å². The molecule has 0 atom stereocenters. The van der Waals surface area contributed by atoms with Crippen molar-refractivity contribution in [2.24, 2.45) is 0 Å². The topological polar surface area (TPSA) is 3.24 Å². The maximum atomic E-state index is 4.19. The Morgan fingerprint density at radius 3 is 2.35 bits per heavy atom. The van der Waals surface area contributed by atoms with Crippen molar-refractivity contribution in [3.63, 3.8) is 0 Å². The van der Waals surface area contributed by atoms with Crippen molar-refractivity contribution < 1.29 is 0 Å². The van der Waals surface area contributed by atoms with Crippen molar-refractivity contribution in [2.45, 2.75) is 6.42 Å². The van der Waals surface area contributed by atoms with Gasteiger partial charge in [0.1, 0.15) is 0 Å². The summed E-state index contributed by atoms with van der Waals surface area (Å²) in [5, 5.41) is 0. The third-order valence-corrected chi connectivity index (χ3v) is 3.85. The van der Waals surface area contributed by atoms with Crippen LogP contribution in [-0.4, -0.2) is 14.1 Å². The largest absolute Gasteiger partial charge is 0.378 e. The fraction of sp³-hybridized carbons (Fsp3) is 0.158. The second kappa shape index (κ2) is 5.01. The summed E-state index contributed by atoms with van der Waals surface area (Å²) >= 11 is 0. The first-order chi connectivity index (χ1) is 9.65. The molecule has 2 aromatic rings. The maximum absolute atomic E-state index is 4.19. The molecule has 0 spiro atoms. The third-order valence-electron chi connectivity index (χ3n) is 3.85. The summed E-state index contributed by atoms with van der Waals surface area (Å²) in [6, 6.07) is 17.3. The Balaban J connectivity index is 1.94. The molecule has 0 fully saturated rings. The number of fused-ring (bicyclic) bond motifs is 1. The second-order valence-electron chi connectivity index (χ2n) is 5.47. The standard InChI is InChI=1S/C19H19N/c1-14-12-17(13-16-6-4-5-7-19(14)16)15-8-10-18(11-9-15)20(2)3/h4-12H,1,13H2,2-3H3. The lowest BCUT2D eigenvalue weighted by atomic mass is 9.86. The van der Waals surface area contributed by atoms with Crippen LogP contribution in [0.1, 0.15) is 16.7 Å². The molecule has 1 nitrogen and oxygen atoms in total. The smallest absolute Gasteiger partial charge is 0.0361 e. The molecule has 1 aliphatic carbocycles. The first-order valence-electron chi connectivity index (χ1n) is 6.90. The van der Waals surface area contributed by atoms with E-state index in [-0.39, 0.29) is 0 Å². The average molecular weight is 261 g/mol. The predicted molar refractivity (Wildman–Crippen MR) is 87.9 cm³/mol. The number of anilines is 1. The van der Waals surface area contributed by atoms with Gasteiger partial charge in [-0.15, -0.1) is 0 Å². The molecule has 0 N–H and O–H groups in total. The average Bonchev–Trinajstić information content (AvgIpc) is 2.47. The molecule has 0 aromatic heterocycles. The van der Waals surface area contributed by atoms with Crippen LogP contribution in [0.5, 0.6) is 0 Å². The second-order valence-corrected chi connectivity index (χ2v) is 5.47. The van der Waals surface area contributed by atoms with Crippen LogP contribution < -0.4 is 4.90 Å². The predicted octanol–water partition coefficient (Wildman–Crippen LogP) is 4.41. The van der Waals surface area contributed by atoms with Gasteiger partial charge in [-0.25, -0.2) is 0 Å². The number of allylic oxidation sites excluding steroid dienone is 3. The minimum Gasteiger partial charge on any atom is -0.378 e. The number of nitrogens with zero attached hydrogens (tertiary/aromatic N) is 1. The molecule has 2 aromatic carbocycles. The fourth-order valence-electron chi connectivity index (χ4n) is 2.69. The van der Waals surface area contributed by atoms with Crippen LogP contribution in [0.15, 0.2) is 61.2 Å². The van der Waals surface area contributed by atoms with E-state index in [1.54, 1.807) is 0 Å². The van der Waals surface area contributed by atoms with Crippen molar-refractivity contribution in [1.82, 2.24) is 0 Å². The molecule has 3 rings (SSSR count). The van der Waals surface area contributed by atoms with Gasteiger partial charge in [0.2, 0.25) is 0 Å². The van der Waals surface area contributed by atoms with Crippen molar-refractivity contribution in [1.29, 1.82) is 0 Å². The zero-order valence-corrected chi connectivity index (χ0v) is 12.1. The number of hydrogen-bond donors (Lipinski definition) is 0. The van der Waals surface area contributed by atoms with Crippen LogP contribution >= 0.6 is 0 Å². The number of rotatable bonds is 2. The first kappa shape index (κ1) is 12.7. The Labute approximate surface area is 120 Å². The molecular formula is C19H19N. The van der Waals surface area contributed by atoms with E-state index < -0.39 is 0 Å². The lowest BCUT2D eigenvalue weighted by Crippen LogP contribution is -2.08. The van der Waals surface area contributed by atoms with Crippen LogP contribution in [-0.2, 0) is 6.42 Å². The van der Waals surface area contributed by atoms with Crippen molar-refractivity contribution in [2.75, 3.05) is 19.0 Å². The van der Waals surface area contributed by atoms with Crippen LogP contribution in [0.3, 0.4) is 0 Å². The van der Waals surface area contributed by atoms with Gasteiger partial charge < -0.3 is 4.90 Å². The summed E-state index contributed by atoms with van der Waals surface area (Å²) in [5.41, 5.74) is 7.61. The monoisotopic (exact) mass is 261 g/mol. The van der Waals surface area contributed by atoms with E-state index in [0.29, 0.717) is 0 Å². The van der Waals surface area contributed by atoms with Gasteiger partial charge in [-0.1, -0.05) is 49.1 Å². The van der Waals surface area contributed by atoms with Gasteiger partial charge in [-0.2, -0.15) is 0 Å². The molecule has 1 aliphatic rings. The van der Waals surface area contributed by atoms with Gasteiger partial charge in [0.25, 0.3) is 0 Å². The molecule has 0 bridgehead atoms. The summed E-state index contributed by atoms with van der Waals surface area (Å²) in [7, 11) is 4.12. The summed E-state index contributed by atoms with van der Waals surface area (Å²) in [5.74, 6) is 0. The van der Waals surface area contributed by atoms with Crippen LogP contribution in [0.4, 0.5) is 5.69 Å². The van der Waals surface area contributed by atoms with E-state index >= 15 is 0 Å². The minimum absolute atomic E-state index is 0.983. The lowest BCUT2D eigenvalue weighted by Gasteiger charge is -2.20. The Hall–Kier alpha value is -2.28. The zero-order valence-electron chi connectivity index (χ0n) is 12.1. The van der Waals surface area contributed by atoms with Crippen molar-refractivity contribution >= 4 is 16.8 Å². The van der Waals surface area contributed by atoms with E-state index in [1.807, 2.05) is 0 Å². The van der Waals surface area contributed by atoms with Crippen LogP contribution in [0.25, 0.3) is 11.1 Å². The molecule has 20 heavy (non-hydrogen) atoms. The van der Waals surface area contributed by atoms with Gasteiger partial charge in [-0.3, -0.25) is 0 Å². The SMILES string of the molecule is C=C1C=C(c2ccc(N(C)C)cc2)Cc2ccccc21.